The van der Waals surface area contributed by atoms with Crippen molar-refractivity contribution in [1.82, 2.24) is 9.97 Å². The van der Waals surface area contributed by atoms with E-state index in [4.69, 9.17) is 9.47 Å². The number of nitrogens with zero attached hydrogens (tertiary/aromatic N) is 2. The lowest BCUT2D eigenvalue weighted by Gasteiger charge is -2.19. The minimum Gasteiger partial charge on any atom is -0.482 e. The summed E-state index contributed by atoms with van der Waals surface area (Å²) in [6, 6.07) is 0. The normalized spacial score (nSPS) is 13.5. The third-order valence-electron chi connectivity index (χ3n) is 1.81. The monoisotopic (exact) mass is 209 g/mol. The van der Waals surface area contributed by atoms with Crippen LogP contribution in [0.4, 0.5) is 5.82 Å². The second kappa shape index (κ2) is 3.72. The van der Waals surface area contributed by atoms with Gasteiger partial charge in [-0.2, -0.15) is 4.98 Å². The number of aromatic nitrogens is 2. The molecule has 0 unspecified atom stereocenters. The van der Waals surface area contributed by atoms with Crippen LogP contribution >= 0.6 is 0 Å². The van der Waals surface area contributed by atoms with Gasteiger partial charge >= 0.3 is 0 Å². The fourth-order valence-corrected chi connectivity index (χ4v) is 1.30. The summed E-state index contributed by atoms with van der Waals surface area (Å²) in [7, 11) is 0. The Morgan fingerprint density at radius 3 is 2.80 bits per heavy atom. The highest BCUT2D eigenvalue weighted by atomic mass is 16.6. The molecule has 2 heterocycles. The molecule has 1 amide bonds. The van der Waals surface area contributed by atoms with E-state index in [9.17, 15) is 4.79 Å². The molecule has 0 radical (unpaired) electrons. The number of carbonyl (C=O) groups excluding carboxylic acids is 1. The van der Waals surface area contributed by atoms with Gasteiger partial charge in [0, 0.05) is 6.92 Å². The van der Waals surface area contributed by atoms with Crippen molar-refractivity contribution < 1.29 is 14.3 Å². The Kier molecular flexibility index (Phi) is 2.40. The number of aryl methyl sites for hydroxylation is 1. The van der Waals surface area contributed by atoms with Crippen LogP contribution in [0.3, 0.4) is 0 Å². The zero-order valence-corrected chi connectivity index (χ0v) is 8.53. The minimum absolute atomic E-state index is 0.204. The van der Waals surface area contributed by atoms with Gasteiger partial charge in [0.2, 0.25) is 11.7 Å². The molecule has 0 aliphatic carbocycles. The number of anilines is 1. The number of carbonyl (C=O) groups is 1. The van der Waals surface area contributed by atoms with Crippen molar-refractivity contribution in [2.75, 3.05) is 18.5 Å². The number of nitrogens with one attached hydrogen (secondary N) is 1. The lowest BCUT2D eigenvalue weighted by Crippen LogP contribution is -2.20. The second-order valence-corrected chi connectivity index (χ2v) is 3.13. The van der Waals surface area contributed by atoms with Crippen molar-refractivity contribution in [2.45, 2.75) is 13.8 Å². The number of hydrogen-bond acceptors (Lipinski definition) is 5. The molecule has 0 fully saturated rings. The first-order valence-electron chi connectivity index (χ1n) is 4.58. The molecule has 0 aromatic carbocycles. The lowest BCUT2D eigenvalue weighted by molar-refractivity contribution is -0.114. The Morgan fingerprint density at radius 1 is 1.33 bits per heavy atom. The molecule has 0 saturated carbocycles. The first-order valence-corrected chi connectivity index (χ1v) is 4.58. The number of rotatable bonds is 1. The molecule has 1 aliphatic rings. The molecule has 1 N–H and O–H groups in total. The van der Waals surface area contributed by atoms with Gasteiger partial charge < -0.3 is 14.8 Å². The fourth-order valence-electron chi connectivity index (χ4n) is 1.30. The van der Waals surface area contributed by atoms with Crippen LogP contribution in [0.25, 0.3) is 0 Å². The summed E-state index contributed by atoms with van der Waals surface area (Å²) in [5.41, 5.74) is 0. The fraction of sp³-hybridized carbons (Fsp3) is 0.444. The highest BCUT2D eigenvalue weighted by Crippen LogP contribution is 2.34. The third kappa shape index (κ3) is 1.98. The summed E-state index contributed by atoms with van der Waals surface area (Å²) >= 11 is 0. The molecule has 6 heteroatoms. The summed E-state index contributed by atoms with van der Waals surface area (Å²) in [6.45, 7) is 4.03. The van der Waals surface area contributed by atoms with Crippen LogP contribution in [0.2, 0.25) is 0 Å². The molecule has 80 valence electrons. The predicted molar refractivity (Wildman–Crippen MR) is 52.1 cm³/mol. The van der Waals surface area contributed by atoms with Crippen LogP contribution in [0, 0.1) is 6.92 Å². The maximum absolute atomic E-state index is 10.9. The summed E-state index contributed by atoms with van der Waals surface area (Å²) in [5, 5.41) is 2.58. The number of amides is 1. The van der Waals surface area contributed by atoms with Gasteiger partial charge in [0.1, 0.15) is 19.0 Å². The molecule has 0 saturated heterocycles. The maximum atomic E-state index is 10.9. The molecule has 1 aliphatic heterocycles. The van der Waals surface area contributed by atoms with E-state index in [1.807, 2.05) is 0 Å². The largest absolute Gasteiger partial charge is 0.482 e. The molecule has 1 aromatic heterocycles. The molecule has 2 rings (SSSR count). The average molecular weight is 209 g/mol. The van der Waals surface area contributed by atoms with Crippen LogP contribution in [0.1, 0.15) is 12.7 Å². The van der Waals surface area contributed by atoms with Gasteiger partial charge in [-0.3, -0.25) is 4.79 Å². The standard InChI is InChI=1S/C9H11N3O3/c1-5-10-8(12-6(2)13)7-9(11-5)15-4-3-14-7/h3-4H2,1-2H3,(H,10,11,12,13). The minimum atomic E-state index is -0.204. The van der Waals surface area contributed by atoms with E-state index in [-0.39, 0.29) is 5.91 Å². The van der Waals surface area contributed by atoms with Gasteiger partial charge in [-0.1, -0.05) is 0 Å². The lowest BCUT2D eigenvalue weighted by atomic mass is 10.4. The maximum Gasteiger partial charge on any atom is 0.262 e. The van der Waals surface area contributed by atoms with Crippen LogP contribution in [0.15, 0.2) is 0 Å². The van der Waals surface area contributed by atoms with Crippen LogP contribution in [-0.2, 0) is 4.79 Å². The van der Waals surface area contributed by atoms with Crippen LogP contribution in [-0.4, -0.2) is 29.1 Å². The molecule has 6 nitrogen and oxygen atoms in total. The van der Waals surface area contributed by atoms with Crippen molar-refractivity contribution in [1.29, 1.82) is 0 Å². The number of fused-ring (bicyclic) bond motifs is 1. The Bertz CT molecular complexity index is 406. The number of ether oxygens (including phenoxy) is 2. The Morgan fingerprint density at radius 2 is 2.07 bits per heavy atom. The van der Waals surface area contributed by atoms with Crippen molar-refractivity contribution in [3.8, 4) is 11.6 Å². The van der Waals surface area contributed by atoms with E-state index in [1.165, 1.54) is 6.92 Å². The topological polar surface area (TPSA) is 73.3 Å². The summed E-state index contributed by atoms with van der Waals surface area (Å²) in [6.07, 6.45) is 0. The highest BCUT2D eigenvalue weighted by Gasteiger charge is 2.20. The van der Waals surface area contributed by atoms with Crippen molar-refractivity contribution in [2.24, 2.45) is 0 Å². The van der Waals surface area contributed by atoms with Gasteiger partial charge in [-0.05, 0) is 6.92 Å². The smallest absolute Gasteiger partial charge is 0.262 e. The first kappa shape index (κ1) is 9.70. The third-order valence-corrected chi connectivity index (χ3v) is 1.81. The number of hydrogen-bond donors (Lipinski definition) is 1. The van der Waals surface area contributed by atoms with Crippen LogP contribution < -0.4 is 14.8 Å². The Labute approximate surface area is 86.6 Å². The van der Waals surface area contributed by atoms with Crippen molar-refractivity contribution in [3.63, 3.8) is 0 Å². The van der Waals surface area contributed by atoms with Crippen molar-refractivity contribution in [3.05, 3.63) is 5.82 Å². The van der Waals surface area contributed by atoms with Crippen LogP contribution in [0.5, 0.6) is 11.6 Å². The van der Waals surface area contributed by atoms with Gasteiger partial charge in [-0.15, -0.1) is 0 Å². The van der Waals surface area contributed by atoms with E-state index in [1.54, 1.807) is 6.92 Å². The van der Waals surface area contributed by atoms with Gasteiger partial charge in [0.15, 0.2) is 5.82 Å². The van der Waals surface area contributed by atoms with E-state index < -0.39 is 0 Å². The predicted octanol–water partition coefficient (Wildman–Crippen LogP) is 0.515. The molecule has 15 heavy (non-hydrogen) atoms. The Balaban J connectivity index is 2.43. The summed E-state index contributed by atoms with van der Waals surface area (Å²) < 4.78 is 10.6. The SMILES string of the molecule is CC(=O)Nc1nc(C)nc2c1OCCO2. The van der Waals surface area contributed by atoms with Gasteiger partial charge in [-0.25, -0.2) is 4.98 Å². The molecule has 0 bridgehead atoms. The first-order chi connectivity index (χ1) is 7.16. The van der Waals surface area contributed by atoms with E-state index in [2.05, 4.69) is 15.3 Å². The molecular formula is C9H11N3O3. The highest BCUT2D eigenvalue weighted by molar-refractivity contribution is 5.89. The van der Waals surface area contributed by atoms with E-state index in [0.717, 1.165) is 0 Å². The quantitative estimate of drug-likeness (QED) is 0.729. The molecule has 1 aromatic rings. The summed E-state index contributed by atoms with van der Waals surface area (Å²) in [4.78, 5) is 19.1. The molecule has 0 spiro atoms. The average Bonchev–Trinajstić information content (AvgIpc) is 2.16. The Hall–Kier alpha value is -1.85. The van der Waals surface area contributed by atoms with Gasteiger partial charge in [0.25, 0.3) is 5.88 Å². The molecule has 0 atom stereocenters. The second-order valence-electron chi connectivity index (χ2n) is 3.13. The zero-order chi connectivity index (χ0) is 10.8. The summed E-state index contributed by atoms with van der Waals surface area (Å²) in [5.74, 6) is 1.48. The van der Waals surface area contributed by atoms with E-state index >= 15 is 0 Å². The zero-order valence-electron chi connectivity index (χ0n) is 8.53. The van der Waals surface area contributed by atoms with E-state index in [0.29, 0.717) is 36.5 Å². The van der Waals surface area contributed by atoms with Crippen molar-refractivity contribution >= 4 is 11.7 Å². The molecular weight excluding hydrogens is 198 g/mol. The van der Waals surface area contributed by atoms with Gasteiger partial charge in [0.05, 0.1) is 0 Å².